The first-order chi connectivity index (χ1) is 9.21. The number of rotatable bonds is 6. The summed E-state index contributed by atoms with van der Waals surface area (Å²) >= 11 is 1.62. The van der Waals surface area contributed by atoms with Crippen LogP contribution in [-0.4, -0.2) is 23.3 Å². The van der Waals surface area contributed by atoms with Crippen molar-refractivity contribution in [3.63, 3.8) is 0 Å². The minimum absolute atomic E-state index is 0.325. The molecule has 19 heavy (non-hydrogen) atoms. The van der Waals surface area contributed by atoms with Crippen molar-refractivity contribution in [2.75, 3.05) is 12.4 Å². The Morgan fingerprint density at radius 3 is 2.58 bits per heavy atom. The minimum Gasteiger partial charge on any atom is -0.497 e. The molecule has 0 amide bonds. The molecule has 0 bridgehead atoms. The number of methoxy groups -OCH3 is 1. The van der Waals surface area contributed by atoms with E-state index in [1.54, 1.807) is 18.4 Å². The summed E-state index contributed by atoms with van der Waals surface area (Å²) < 4.78 is 5.15. The third kappa shape index (κ3) is 3.92. The SMILES string of the molecule is CCc1nnc(NC(C)Cc2ccc(OC)cc2)s1. The van der Waals surface area contributed by atoms with Crippen LogP contribution in [0.25, 0.3) is 0 Å². The fourth-order valence-corrected chi connectivity index (χ4v) is 2.62. The van der Waals surface area contributed by atoms with Crippen molar-refractivity contribution in [3.05, 3.63) is 34.8 Å². The highest BCUT2D eigenvalue weighted by Gasteiger charge is 2.07. The van der Waals surface area contributed by atoms with E-state index >= 15 is 0 Å². The van der Waals surface area contributed by atoms with Crippen LogP contribution >= 0.6 is 11.3 Å². The summed E-state index contributed by atoms with van der Waals surface area (Å²) in [7, 11) is 1.68. The van der Waals surface area contributed by atoms with Gasteiger partial charge in [-0.3, -0.25) is 0 Å². The molecule has 0 saturated carbocycles. The Bertz CT molecular complexity index is 510. The van der Waals surface area contributed by atoms with Crippen molar-refractivity contribution in [2.45, 2.75) is 32.7 Å². The number of hydrogen-bond donors (Lipinski definition) is 1. The smallest absolute Gasteiger partial charge is 0.205 e. The van der Waals surface area contributed by atoms with Crippen LogP contribution in [0.2, 0.25) is 0 Å². The van der Waals surface area contributed by atoms with Gasteiger partial charge in [0.1, 0.15) is 10.8 Å². The lowest BCUT2D eigenvalue weighted by Gasteiger charge is -2.12. The average Bonchev–Trinajstić information content (AvgIpc) is 2.87. The summed E-state index contributed by atoms with van der Waals surface area (Å²) in [5.41, 5.74) is 1.28. The molecular formula is C14H19N3OS. The van der Waals surface area contributed by atoms with E-state index in [0.29, 0.717) is 6.04 Å². The first-order valence-corrected chi connectivity index (χ1v) is 7.24. The highest BCUT2D eigenvalue weighted by atomic mass is 32.1. The second-order valence-corrected chi connectivity index (χ2v) is 5.51. The molecule has 0 spiro atoms. The van der Waals surface area contributed by atoms with Crippen LogP contribution in [0, 0.1) is 0 Å². The van der Waals surface area contributed by atoms with Crippen molar-refractivity contribution in [2.24, 2.45) is 0 Å². The van der Waals surface area contributed by atoms with Crippen LogP contribution < -0.4 is 10.1 Å². The number of aryl methyl sites for hydroxylation is 1. The van der Waals surface area contributed by atoms with Crippen LogP contribution in [-0.2, 0) is 12.8 Å². The van der Waals surface area contributed by atoms with Crippen LogP contribution in [0.5, 0.6) is 5.75 Å². The molecule has 0 aliphatic carbocycles. The highest BCUT2D eigenvalue weighted by molar-refractivity contribution is 7.15. The molecule has 102 valence electrons. The Labute approximate surface area is 117 Å². The maximum Gasteiger partial charge on any atom is 0.205 e. The number of nitrogens with zero attached hydrogens (tertiary/aromatic N) is 2. The maximum absolute atomic E-state index is 5.15. The Kier molecular flexibility index (Phi) is 4.74. The molecule has 2 aromatic rings. The summed E-state index contributed by atoms with van der Waals surface area (Å²) in [6, 6.07) is 8.49. The molecule has 1 N–H and O–H groups in total. The molecule has 1 aromatic heterocycles. The molecule has 0 radical (unpaired) electrons. The predicted molar refractivity (Wildman–Crippen MR) is 79.1 cm³/mol. The van der Waals surface area contributed by atoms with Gasteiger partial charge in [0.05, 0.1) is 7.11 Å². The fraction of sp³-hybridized carbons (Fsp3) is 0.429. The zero-order chi connectivity index (χ0) is 13.7. The zero-order valence-corrected chi connectivity index (χ0v) is 12.3. The largest absolute Gasteiger partial charge is 0.497 e. The van der Waals surface area contributed by atoms with Crippen LogP contribution in [0.4, 0.5) is 5.13 Å². The lowest BCUT2D eigenvalue weighted by molar-refractivity contribution is 0.414. The molecule has 5 heteroatoms. The maximum atomic E-state index is 5.15. The lowest BCUT2D eigenvalue weighted by Crippen LogP contribution is -2.17. The van der Waals surface area contributed by atoms with Gasteiger partial charge in [-0.05, 0) is 37.5 Å². The molecule has 0 aliphatic heterocycles. The number of nitrogens with one attached hydrogen (secondary N) is 1. The Morgan fingerprint density at radius 2 is 2.00 bits per heavy atom. The van der Waals surface area contributed by atoms with E-state index in [1.807, 2.05) is 12.1 Å². The second-order valence-electron chi connectivity index (χ2n) is 4.45. The van der Waals surface area contributed by atoms with Crippen molar-refractivity contribution in [3.8, 4) is 5.75 Å². The van der Waals surface area contributed by atoms with E-state index in [2.05, 4.69) is 41.5 Å². The van der Waals surface area contributed by atoms with Gasteiger partial charge in [0.15, 0.2) is 0 Å². The number of ether oxygens (including phenoxy) is 1. The number of anilines is 1. The average molecular weight is 277 g/mol. The van der Waals surface area contributed by atoms with Gasteiger partial charge in [0.2, 0.25) is 5.13 Å². The van der Waals surface area contributed by atoms with Gasteiger partial charge in [-0.25, -0.2) is 0 Å². The van der Waals surface area contributed by atoms with Crippen molar-refractivity contribution in [1.82, 2.24) is 10.2 Å². The van der Waals surface area contributed by atoms with Gasteiger partial charge in [0, 0.05) is 6.04 Å². The van der Waals surface area contributed by atoms with E-state index in [1.165, 1.54) is 5.56 Å². The van der Waals surface area contributed by atoms with Crippen molar-refractivity contribution >= 4 is 16.5 Å². The molecule has 1 aromatic carbocycles. The van der Waals surface area contributed by atoms with E-state index < -0.39 is 0 Å². The Hall–Kier alpha value is -1.62. The third-order valence-electron chi connectivity index (χ3n) is 2.84. The summed E-state index contributed by atoms with van der Waals surface area (Å²) in [5, 5.41) is 13.6. The monoisotopic (exact) mass is 277 g/mol. The van der Waals surface area contributed by atoms with Crippen LogP contribution in [0.15, 0.2) is 24.3 Å². The van der Waals surface area contributed by atoms with Gasteiger partial charge in [-0.2, -0.15) is 0 Å². The lowest BCUT2D eigenvalue weighted by atomic mass is 10.1. The Morgan fingerprint density at radius 1 is 1.26 bits per heavy atom. The number of hydrogen-bond acceptors (Lipinski definition) is 5. The van der Waals surface area contributed by atoms with E-state index in [0.717, 1.165) is 28.7 Å². The molecule has 0 aliphatic rings. The standard InChI is InChI=1S/C14H19N3OS/c1-4-13-16-17-14(19-13)15-10(2)9-11-5-7-12(18-3)8-6-11/h5-8,10H,4,9H2,1-3H3,(H,15,17). The number of aromatic nitrogens is 2. The van der Waals surface area contributed by atoms with Crippen molar-refractivity contribution in [1.29, 1.82) is 0 Å². The molecule has 1 unspecified atom stereocenters. The van der Waals surface area contributed by atoms with E-state index in [4.69, 9.17) is 4.74 Å². The zero-order valence-electron chi connectivity index (χ0n) is 11.5. The molecule has 1 heterocycles. The van der Waals surface area contributed by atoms with Gasteiger partial charge < -0.3 is 10.1 Å². The molecular weight excluding hydrogens is 258 g/mol. The first-order valence-electron chi connectivity index (χ1n) is 6.43. The van der Waals surface area contributed by atoms with Gasteiger partial charge in [-0.1, -0.05) is 30.4 Å². The minimum atomic E-state index is 0.325. The molecule has 1 atom stereocenters. The highest BCUT2D eigenvalue weighted by Crippen LogP contribution is 2.18. The molecule has 4 nitrogen and oxygen atoms in total. The van der Waals surface area contributed by atoms with Gasteiger partial charge in [-0.15, -0.1) is 10.2 Å². The topological polar surface area (TPSA) is 47.0 Å². The quantitative estimate of drug-likeness (QED) is 0.881. The number of benzene rings is 1. The van der Waals surface area contributed by atoms with Gasteiger partial charge >= 0.3 is 0 Å². The molecule has 0 saturated heterocycles. The third-order valence-corrected chi connectivity index (χ3v) is 3.84. The predicted octanol–water partition coefficient (Wildman–Crippen LogP) is 3.15. The fourth-order valence-electron chi connectivity index (χ4n) is 1.83. The summed E-state index contributed by atoms with van der Waals surface area (Å²) in [6.45, 7) is 4.24. The summed E-state index contributed by atoms with van der Waals surface area (Å²) in [4.78, 5) is 0. The second kappa shape index (κ2) is 6.52. The van der Waals surface area contributed by atoms with Crippen LogP contribution in [0.1, 0.15) is 24.4 Å². The van der Waals surface area contributed by atoms with E-state index in [9.17, 15) is 0 Å². The molecule has 2 rings (SSSR count). The van der Waals surface area contributed by atoms with E-state index in [-0.39, 0.29) is 0 Å². The summed E-state index contributed by atoms with van der Waals surface area (Å²) in [5.74, 6) is 0.890. The van der Waals surface area contributed by atoms with Crippen molar-refractivity contribution < 1.29 is 4.74 Å². The van der Waals surface area contributed by atoms with Crippen LogP contribution in [0.3, 0.4) is 0 Å². The first kappa shape index (κ1) is 13.8. The summed E-state index contributed by atoms with van der Waals surface area (Å²) in [6.07, 6.45) is 1.89. The Balaban J connectivity index is 1.90. The van der Waals surface area contributed by atoms with Gasteiger partial charge in [0.25, 0.3) is 0 Å². The molecule has 0 fully saturated rings. The normalized spacial score (nSPS) is 12.2.